The third kappa shape index (κ3) is 3.51. The highest BCUT2D eigenvalue weighted by Gasteiger charge is 2.44. The zero-order chi connectivity index (χ0) is 26.0. The Hall–Kier alpha value is -2.83. The summed E-state index contributed by atoms with van der Waals surface area (Å²) in [5.41, 5.74) is -6.95. The summed E-state index contributed by atoms with van der Waals surface area (Å²) in [6.45, 7) is -3.61. The zero-order valence-electron chi connectivity index (χ0n) is 15.4. The molecule has 0 nitrogen and oxygen atoms in total. The summed E-state index contributed by atoms with van der Waals surface area (Å²) in [6.07, 6.45) is 0. The molecule has 0 saturated heterocycles. The molecule has 0 saturated carbocycles. The van der Waals surface area contributed by atoms with Crippen molar-refractivity contribution in [3.8, 4) is 0 Å². The SMILES string of the molecule is Fc1c(F)c(F)c(B(c2c(F)c(F)c(F)c(F)c2F)c2c(F)c(F)c(F)c(F)c2P)c(F)c1F. The van der Waals surface area contributed by atoms with Crippen LogP contribution in [0.2, 0.25) is 0 Å². The van der Waals surface area contributed by atoms with Gasteiger partial charge in [-0.1, -0.05) is 0 Å². The second kappa shape index (κ2) is 8.75. The summed E-state index contributed by atoms with van der Waals surface area (Å²) < 4.78 is 196. The molecule has 0 N–H and O–H groups in total. The summed E-state index contributed by atoms with van der Waals surface area (Å²) in [7, 11) is 1.10. The van der Waals surface area contributed by atoms with Crippen LogP contribution in [0.15, 0.2) is 0 Å². The normalized spacial score (nSPS) is 11.4. The number of hydrogen-bond acceptors (Lipinski definition) is 0. The Morgan fingerprint density at radius 2 is 0.500 bits per heavy atom. The molecular formula is C18H2BF14P. The number of benzene rings is 3. The minimum Gasteiger partial charge on any atom is -0.204 e. The highest BCUT2D eigenvalue weighted by Crippen LogP contribution is 2.22. The monoisotopic (exact) mass is 526 g/mol. The van der Waals surface area contributed by atoms with Crippen molar-refractivity contribution >= 4 is 37.6 Å². The van der Waals surface area contributed by atoms with Crippen LogP contribution in [0, 0.1) is 81.4 Å². The van der Waals surface area contributed by atoms with Gasteiger partial charge in [-0.05, 0) is 5.46 Å². The Morgan fingerprint density at radius 1 is 0.294 bits per heavy atom. The molecular weight excluding hydrogens is 524 g/mol. The van der Waals surface area contributed by atoms with E-state index in [1.807, 2.05) is 0 Å². The topological polar surface area (TPSA) is 0 Å². The lowest BCUT2D eigenvalue weighted by atomic mass is 9.36. The fraction of sp³-hybridized carbons (Fsp3) is 0. The van der Waals surface area contributed by atoms with E-state index in [0.29, 0.717) is 0 Å². The maximum atomic E-state index is 14.6. The van der Waals surface area contributed by atoms with Crippen LogP contribution in [0.3, 0.4) is 0 Å². The van der Waals surface area contributed by atoms with Crippen LogP contribution >= 0.6 is 9.24 Å². The van der Waals surface area contributed by atoms with Gasteiger partial charge in [0.2, 0.25) is 0 Å². The van der Waals surface area contributed by atoms with E-state index >= 15 is 0 Å². The van der Waals surface area contributed by atoms with Gasteiger partial charge < -0.3 is 0 Å². The molecule has 0 fully saturated rings. The van der Waals surface area contributed by atoms with Gasteiger partial charge in [0.1, 0.15) is 0 Å². The van der Waals surface area contributed by atoms with Gasteiger partial charge in [0.15, 0.2) is 81.4 Å². The Kier molecular flexibility index (Phi) is 6.64. The van der Waals surface area contributed by atoms with E-state index < -0.39 is 110 Å². The smallest absolute Gasteiger partial charge is 0.204 e. The van der Waals surface area contributed by atoms with Crippen molar-refractivity contribution in [1.29, 1.82) is 0 Å². The van der Waals surface area contributed by atoms with Crippen molar-refractivity contribution in [1.82, 2.24) is 0 Å². The Balaban J connectivity index is 2.68. The van der Waals surface area contributed by atoms with Gasteiger partial charge in [-0.15, -0.1) is 9.24 Å². The Bertz CT molecular complexity index is 1120. The van der Waals surface area contributed by atoms with Gasteiger partial charge in [-0.3, -0.25) is 0 Å². The Labute approximate surface area is 181 Å². The zero-order valence-corrected chi connectivity index (χ0v) is 16.6. The van der Waals surface area contributed by atoms with E-state index in [9.17, 15) is 61.5 Å². The van der Waals surface area contributed by atoms with Crippen molar-refractivity contribution in [2.45, 2.75) is 0 Å². The molecule has 3 aromatic carbocycles. The maximum absolute atomic E-state index is 14.6. The molecule has 0 radical (unpaired) electrons. The molecule has 0 aliphatic carbocycles. The number of rotatable bonds is 3. The van der Waals surface area contributed by atoms with Crippen molar-refractivity contribution in [2.75, 3.05) is 0 Å². The molecule has 34 heavy (non-hydrogen) atoms. The minimum atomic E-state index is -3.61. The van der Waals surface area contributed by atoms with Crippen LogP contribution in [-0.2, 0) is 0 Å². The number of hydrogen-bond donors (Lipinski definition) is 0. The number of halogens is 14. The lowest BCUT2D eigenvalue weighted by molar-refractivity contribution is 0.382. The summed E-state index contributed by atoms with van der Waals surface area (Å²) in [6, 6.07) is 0. The van der Waals surface area contributed by atoms with E-state index in [0.717, 1.165) is 9.24 Å². The van der Waals surface area contributed by atoms with Gasteiger partial charge >= 0.3 is 0 Å². The summed E-state index contributed by atoms with van der Waals surface area (Å²) >= 11 is 0. The van der Waals surface area contributed by atoms with E-state index in [1.54, 1.807) is 0 Å². The van der Waals surface area contributed by atoms with Crippen molar-refractivity contribution in [3.05, 3.63) is 81.4 Å². The van der Waals surface area contributed by atoms with Crippen LogP contribution in [0.4, 0.5) is 61.5 Å². The fourth-order valence-electron chi connectivity index (χ4n) is 3.13. The highest BCUT2D eigenvalue weighted by molar-refractivity contribution is 7.29. The lowest BCUT2D eigenvalue weighted by Gasteiger charge is -2.22. The van der Waals surface area contributed by atoms with Gasteiger partial charge in [-0.25, -0.2) is 61.5 Å². The van der Waals surface area contributed by atoms with Crippen LogP contribution < -0.4 is 21.7 Å². The van der Waals surface area contributed by atoms with Crippen LogP contribution in [0.1, 0.15) is 0 Å². The molecule has 3 aromatic rings. The molecule has 0 spiro atoms. The van der Waals surface area contributed by atoms with Crippen LogP contribution in [0.25, 0.3) is 0 Å². The van der Waals surface area contributed by atoms with Crippen molar-refractivity contribution in [3.63, 3.8) is 0 Å². The first-order chi connectivity index (χ1) is 15.7. The molecule has 16 heteroatoms. The summed E-state index contributed by atoms with van der Waals surface area (Å²) in [4.78, 5) is 0. The molecule has 0 bridgehead atoms. The summed E-state index contributed by atoms with van der Waals surface area (Å²) in [5, 5.41) is -1.63. The van der Waals surface area contributed by atoms with Gasteiger partial charge in [0.05, 0.1) is 0 Å². The minimum absolute atomic E-state index is 1.10. The van der Waals surface area contributed by atoms with E-state index in [4.69, 9.17) is 0 Å². The maximum Gasteiger partial charge on any atom is 0.262 e. The van der Waals surface area contributed by atoms with Gasteiger partial charge in [-0.2, -0.15) is 0 Å². The lowest BCUT2D eigenvalue weighted by Crippen LogP contribution is -2.62. The molecule has 0 aromatic heterocycles. The van der Waals surface area contributed by atoms with E-state index in [2.05, 4.69) is 0 Å². The molecule has 0 amide bonds. The highest BCUT2D eigenvalue weighted by atomic mass is 31.0. The van der Waals surface area contributed by atoms with E-state index in [1.165, 1.54) is 0 Å². The molecule has 180 valence electrons. The quantitative estimate of drug-likeness (QED) is 0.161. The van der Waals surface area contributed by atoms with Crippen LogP contribution in [-0.4, -0.2) is 6.71 Å². The average Bonchev–Trinajstić information content (AvgIpc) is 2.81. The standard InChI is InChI=1S/C18H2BF14P/c20-4-1(5(21)10(26)14(30)9(4)25)19(2-6(22)11(27)15(31)12(28)7(2)23)3-8(24)13(29)16(32)17(33)18(3)34/h34H2. The first-order valence-electron chi connectivity index (χ1n) is 8.30. The Morgan fingerprint density at radius 3 is 0.794 bits per heavy atom. The second-order valence-electron chi connectivity index (χ2n) is 6.48. The second-order valence-corrected chi connectivity index (χ2v) is 7.06. The third-order valence-corrected chi connectivity index (χ3v) is 5.26. The van der Waals surface area contributed by atoms with Gasteiger partial charge in [0, 0.05) is 16.2 Å². The molecule has 3 rings (SSSR count). The fourth-order valence-corrected chi connectivity index (χ4v) is 3.55. The summed E-state index contributed by atoms with van der Waals surface area (Å²) in [5.74, 6) is -39.3. The first-order valence-corrected chi connectivity index (χ1v) is 8.88. The predicted molar refractivity (Wildman–Crippen MR) is 92.7 cm³/mol. The largest absolute Gasteiger partial charge is 0.262 e. The first kappa shape index (κ1) is 25.8. The average molecular weight is 526 g/mol. The van der Waals surface area contributed by atoms with Gasteiger partial charge in [0.25, 0.3) is 6.71 Å². The van der Waals surface area contributed by atoms with E-state index in [-0.39, 0.29) is 0 Å². The molecule has 0 aliphatic heterocycles. The molecule has 0 aliphatic rings. The molecule has 0 heterocycles. The van der Waals surface area contributed by atoms with Crippen molar-refractivity contribution < 1.29 is 61.5 Å². The molecule has 1 atom stereocenters. The van der Waals surface area contributed by atoms with Crippen molar-refractivity contribution in [2.24, 2.45) is 0 Å². The molecule has 1 unspecified atom stereocenters. The third-order valence-electron chi connectivity index (χ3n) is 4.69. The van der Waals surface area contributed by atoms with Crippen LogP contribution in [0.5, 0.6) is 0 Å². The predicted octanol–water partition coefficient (Wildman–Crippen LogP) is 3.65.